The molecule has 1 aromatic rings. The lowest BCUT2D eigenvalue weighted by atomic mass is 9.49. The van der Waals surface area contributed by atoms with Crippen molar-refractivity contribution in [2.24, 2.45) is 23.2 Å². The Morgan fingerprint density at radius 1 is 1.08 bits per heavy atom. The van der Waals surface area contributed by atoms with Gasteiger partial charge in [0.15, 0.2) is 0 Å². The summed E-state index contributed by atoms with van der Waals surface area (Å²) in [5.74, 6) is 3.03. The first kappa shape index (κ1) is 18.5. The highest BCUT2D eigenvalue weighted by molar-refractivity contribution is 5.18. The largest absolute Gasteiger partial charge is 0.389 e. The number of aliphatic hydroxyl groups is 1. The Balaban J connectivity index is 1.14. The van der Waals surface area contributed by atoms with Crippen LogP contribution in [0.25, 0.3) is 0 Å². The van der Waals surface area contributed by atoms with E-state index in [2.05, 4.69) is 36.5 Å². The van der Waals surface area contributed by atoms with E-state index in [1.807, 2.05) is 6.07 Å². The number of aliphatic hydroxyl groups excluding tert-OH is 1. The Morgan fingerprint density at radius 3 is 2.31 bits per heavy atom. The lowest BCUT2D eigenvalue weighted by Gasteiger charge is -2.57. The number of nitrogens with one attached hydrogen (secondary N) is 1. The van der Waals surface area contributed by atoms with Gasteiger partial charge >= 0.3 is 0 Å². The first-order valence-corrected chi connectivity index (χ1v) is 10.7. The van der Waals surface area contributed by atoms with E-state index in [-0.39, 0.29) is 6.04 Å². The fourth-order valence-corrected chi connectivity index (χ4v) is 6.34. The zero-order valence-corrected chi connectivity index (χ0v) is 16.2. The summed E-state index contributed by atoms with van der Waals surface area (Å²) in [6.45, 7) is 3.97. The van der Waals surface area contributed by atoms with Crippen molar-refractivity contribution >= 4 is 0 Å². The van der Waals surface area contributed by atoms with Crippen molar-refractivity contribution in [1.29, 1.82) is 0 Å². The number of hydrogen-bond donors (Lipinski definition) is 2. The average molecular weight is 358 g/mol. The molecule has 3 heteroatoms. The molecule has 5 rings (SSSR count). The molecule has 1 aromatic carbocycles. The third kappa shape index (κ3) is 4.32. The number of rotatable bonds is 9. The molecule has 0 aromatic heterocycles. The molecule has 3 nitrogen and oxygen atoms in total. The van der Waals surface area contributed by atoms with E-state index < -0.39 is 6.10 Å². The fraction of sp³-hybridized carbons (Fsp3) is 0.739. The lowest BCUT2D eigenvalue weighted by molar-refractivity contribution is -0.0730. The molecule has 0 radical (unpaired) electrons. The van der Waals surface area contributed by atoms with Crippen molar-refractivity contribution in [1.82, 2.24) is 5.32 Å². The molecular weight excluding hydrogens is 322 g/mol. The minimum Gasteiger partial charge on any atom is -0.389 e. The predicted octanol–water partition coefficient (Wildman–Crippen LogP) is 4.32. The maximum Gasteiger partial charge on any atom is 0.0897 e. The first-order valence-electron chi connectivity index (χ1n) is 10.7. The average Bonchev–Trinajstić information content (AvgIpc) is 2.63. The quantitative estimate of drug-likeness (QED) is 0.647. The summed E-state index contributed by atoms with van der Waals surface area (Å²) in [7, 11) is 0. The van der Waals surface area contributed by atoms with Gasteiger partial charge in [0.1, 0.15) is 0 Å². The van der Waals surface area contributed by atoms with Crippen LogP contribution in [0.2, 0.25) is 0 Å². The van der Waals surface area contributed by atoms with Crippen LogP contribution in [0.1, 0.15) is 63.5 Å². The van der Waals surface area contributed by atoms with Gasteiger partial charge < -0.3 is 15.2 Å². The molecule has 2 atom stereocenters. The molecule has 4 aliphatic carbocycles. The van der Waals surface area contributed by atoms with Crippen molar-refractivity contribution in [3.63, 3.8) is 0 Å². The van der Waals surface area contributed by atoms with Crippen LogP contribution >= 0.6 is 0 Å². The predicted molar refractivity (Wildman–Crippen MR) is 105 cm³/mol. The molecule has 0 unspecified atom stereocenters. The Kier molecular flexibility index (Phi) is 5.68. The minimum absolute atomic E-state index is 0.248. The van der Waals surface area contributed by atoms with Crippen molar-refractivity contribution in [2.75, 3.05) is 19.8 Å². The Labute approximate surface area is 158 Å². The molecule has 2 N–H and O–H groups in total. The maximum absolute atomic E-state index is 10.2. The molecule has 0 aliphatic heterocycles. The van der Waals surface area contributed by atoms with E-state index in [1.165, 1.54) is 50.5 Å². The van der Waals surface area contributed by atoms with E-state index >= 15 is 0 Å². The minimum atomic E-state index is -0.433. The van der Waals surface area contributed by atoms with Crippen LogP contribution in [0.4, 0.5) is 0 Å². The van der Waals surface area contributed by atoms with Crippen molar-refractivity contribution in [2.45, 2.75) is 64.0 Å². The zero-order valence-electron chi connectivity index (χ0n) is 16.2. The highest BCUT2D eigenvalue weighted by Crippen LogP contribution is 2.61. The van der Waals surface area contributed by atoms with Gasteiger partial charge in [-0.15, -0.1) is 0 Å². The van der Waals surface area contributed by atoms with Gasteiger partial charge in [-0.05, 0) is 80.6 Å². The molecule has 4 fully saturated rings. The van der Waals surface area contributed by atoms with E-state index in [0.717, 1.165) is 24.4 Å². The first-order chi connectivity index (χ1) is 12.6. The summed E-state index contributed by atoms with van der Waals surface area (Å²) in [5, 5.41) is 13.6. The molecule has 4 bridgehead atoms. The van der Waals surface area contributed by atoms with Crippen LogP contribution in [-0.2, 0) is 4.74 Å². The molecule has 0 amide bonds. The molecular formula is C23H35NO2. The molecule has 0 spiro atoms. The maximum atomic E-state index is 10.2. The Morgan fingerprint density at radius 2 is 1.69 bits per heavy atom. The van der Waals surface area contributed by atoms with Crippen molar-refractivity contribution < 1.29 is 9.84 Å². The molecule has 0 saturated heterocycles. The monoisotopic (exact) mass is 357 g/mol. The summed E-state index contributed by atoms with van der Waals surface area (Å²) in [4.78, 5) is 0. The van der Waals surface area contributed by atoms with Crippen LogP contribution in [0.5, 0.6) is 0 Å². The van der Waals surface area contributed by atoms with E-state index in [1.54, 1.807) is 0 Å². The number of hydrogen-bond acceptors (Lipinski definition) is 3. The standard InChI is InChI=1S/C23H35NO2/c1-17(21-5-3-2-4-6-21)24-15-22(25)16-26-8-7-23-12-18-9-19(13-23)11-20(10-18)14-23/h2-6,17-20,22,24-25H,7-16H2,1H3/t17-,18?,19?,20?,22+,23?/m0/s1. The highest BCUT2D eigenvalue weighted by Gasteiger charge is 2.50. The van der Waals surface area contributed by atoms with Gasteiger partial charge in [-0.3, -0.25) is 0 Å². The van der Waals surface area contributed by atoms with Crippen LogP contribution in [-0.4, -0.2) is 31.0 Å². The second-order valence-corrected chi connectivity index (χ2v) is 9.44. The molecule has 144 valence electrons. The van der Waals surface area contributed by atoms with Crippen molar-refractivity contribution in [3.8, 4) is 0 Å². The lowest BCUT2D eigenvalue weighted by Crippen LogP contribution is -2.46. The van der Waals surface area contributed by atoms with E-state index in [9.17, 15) is 5.11 Å². The number of ether oxygens (including phenoxy) is 1. The SMILES string of the molecule is C[C@H](NC[C@@H](O)COCCC12CC3CC(CC(C3)C1)C2)c1ccccc1. The second-order valence-electron chi connectivity index (χ2n) is 9.44. The fourth-order valence-electron chi connectivity index (χ4n) is 6.34. The normalized spacial score (nSPS) is 34.8. The van der Waals surface area contributed by atoms with Gasteiger partial charge in [0.05, 0.1) is 12.7 Å². The molecule has 26 heavy (non-hydrogen) atoms. The van der Waals surface area contributed by atoms with Crippen LogP contribution in [0, 0.1) is 23.2 Å². The Bertz CT molecular complexity index is 538. The zero-order chi connectivity index (χ0) is 18.0. The molecule has 4 saturated carbocycles. The molecule has 0 heterocycles. The van der Waals surface area contributed by atoms with Crippen LogP contribution < -0.4 is 5.32 Å². The third-order valence-corrected chi connectivity index (χ3v) is 7.21. The molecule has 4 aliphatic rings. The van der Waals surface area contributed by atoms with Crippen LogP contribution in [0.15, 0.2) is 30.3 Å². The smallest absolute Gasteiger partial charge is 0.0897 e. The topological polar surface area (TPSA) is 41.5 Å². The highest BCUT2D eigenvalue weighted by atomic mass is 16.5. The van der Waals surface area contributed by atoms with Crippen LogP contribution in [0.3, 0.4) is 0 Å². The van der Waals surface area contributed by atoms with Gasteiger partial charge in [-0.25, -0.2) is 0 Å². The van der Waals surface area contributed by atoms with Gasteiger partial charge in [0.2, 0.25) is 0 Å². The summed E-state index contributed by atoms with van der Waals surface area (Å²) in [5.41, 5.74) is 1.84. The van der Waals surface area contributed by atoms with Gasteiger partial charge in [0, 0.05) is 19.2 Å². The second kappa shape index (κ2) is 8.00. The number of benzene rings is 1. The summed E-state index contributed by atoms with van der Waals surface area (Å²) < 4.78 is 5.88. The summed E-state index contributed by atoms with van der Waals surface area (Å²) in [6.07, 6.45) is 9.62. The van der Waals surface area contributed by atoms with E-state index in [4.69, 9.17) is 4.74 Å². The van der Waals surface area contributed by atoms with Gasteiger partial charge in [-0.1, -0.05) is 30.3 Å². The van der Waals surface area contributed by atoms with E-state index in [0.29, 0.717) is 18.6 Å². The Hall–Kier alpha value is -0.900. The van der Waals surface area contributed by atoms with Crippen molar-refractivity contribution in [3.05, 3.63) is 35.9 Å². The van der Waals surface area contributed by atoms with Gasteiger partial charge in [-0.2, -0.15) is 0 Å². The summed E-state index contributed by atoms with van der Waals surface area (Å²) in [6, 6.07) is 10.6. The van der Waals surface area contributed by atoms with Gasteiger partial charge in [0.25, 0.3) is 0 Å². The summed E-state index contributed by atoms with van der Waals surface area (Å²) >= 11 is 0. The third-order valence-electron chi connectivity index (χ3n) is 7.21.